The first-order valence-corrected chi connectivity index (χ1v) is 10.5. The molecule has 142 valence electrons. The fourth-order valence-electron chi connectivity index (χ4n) is 2.56. The van der Waals surface area contributed by atoms with E-state index in [0.29, 0.717) is 0 Å². The van der Waals surface area contributed by atoms with Crippen molar-refractivity contribution < 1.29 is 9.47 Å². The van der Waals surface area contributed by atoms with E-state index in [0.717, 1.165) is 61.5 Å². The summed E-state index contributed by atoms with van der Waals surface area (Å²) in [6.45, 7) is 5.85. The van der Waals surface area contributed by atoms with Crippen LogP contribution in [0.15, 0.2) is 48.5 Å². The van der Waals surface area contributed by atoms with Crippen LogP contribution >= 0.6 is 25.3 Å². The molecule has 4 heteroatoms. The summed E-state index contributed by atoms with van der Waals surface area (Å²) in [5.41, 5.74) is 2.28. The first-order valence-electron chi connectivity index (χ1n) is 9.47. The van der Waals surface area contributed by atoms with Crippen LogP contribution in [-0.2, 0) is 0 Å². The molecule has 0 saturated carbocycles. The Morgan fingerprint density at radius 3 is 1.31 bits per heavy atom. The van der Waals surface area contributed by atoms with E-state index in [9.17, 15) is 0 Å². The Morgan fingerprint density at radius 1 is 0.654 bits per heavy atom. The number of hydrogen-bond acceptors (Lipinski definition) is 4. The van der Waals surface area contributed by atoms with Crippen molar-refractivity contribution in [3.63, 3.8) is 0 Å². The molecule has 0 bridgehead atoms. The first-order chi connectivity index (χ1) is 12.7. The van der Waals surface area contributed by atoms with Crippen LogP contribution in [0, 0.1) is 0 Å². The largest absolute Gasteiger partial charge is 0.494 e. The maximum absolute atomic E-state index is 5.72. The van der Waals surface area contributed by atoms with Gasteiger partial charge in [0.25, 0.3) is 0 Å². The molecular formula is C22H30O2S2. The molecule has 0 spiro atoms. The Labute approximate surface area is 169 Å². The molecule has 2 rings (SSSR count). The quantitative estimate of drug-likeness (QED) is 0.329. The van der Waals surface area contributed by atoms with Crippen LogP contribution in [0.1, 0.15) is 61.2 Å². The minimum atomic E-state index is 0.00915. The SMILES string of the molecule is CCCCOc1ccc(C(S)C(S)c2ccc(OCCCC)cc2)cc1. The lowest BCUT2D eigenvalue weighted by atomic mass is 10.0. The number of unbranched alkanes of at least 4 members (excludes halogenated alkanes) is 2. The van der Waals surface area contributed by atoms with Gasteiger partial charge in [0.1, 0.15) is 11.5 Å². The Bertz CT molecular complexity index is 568. The van der Waals surface area contributed by atoms with E-state index in [1.807, 2.05) is 24.3 Å². The molecule has 0 N–H and O–H groups in total. The van der Waals surface area contributed by atoms with Crippen LogP contribution in [0.3, 0.4) is 0 Å². The zero-order valence-electron chi connectivity index (χ0n) is 15.7. The molecule has 2 aromatic carbocycles. The summed E-state index contributed by atoms with van der Waals surface area (Å²) in [5.74, 6) is 1.82. The second-order valence-corrected chi connectivity index (χ2v) is 7.54. The maximum Gasteiger partial charge on any atom is 0.119 e. The van der Waals surface area contributed by atoms with E-state index in [2.05, 4.69) is 38.1 Å². The minimum absolute atomic E-state index is 0.00915. The standard InChI is InChI=1S/C22H30O2S2/c1-3-5-15-23-19-11-7-17(8-12-19)21(25)22(26)18-9-13-20(14-10-18)24-16-6-4-2/h7-14,21-22,25-26H,3-6,15-16H2,1-2H3. The van der Waals surface area contributed by atoms with Crippen molar-refractivity contribution in [1.82, 2.24) is 0 Å². The third-order valence-corrected chi connectivity index (χ3v) is 5.70. The average Bonchev–Trinajstić information content (AvgIpc) is 2.68. The number of ether oxygens (including phenoxy) is 2. The monoisotopic (exact) mass is 390 g/mol. The van der Waals surface area contributed by atoms with E-state index in [1.54, 1.807) is 0 Å². The van der Waals surface area contributed by atoms with Crippen molar-refractivity contribution in [1.29, 1.82) is 0 Å². The molecule has 0 heterocycles. The van der Waals surface area contributed by atoms with E-state index in [-0.39, 0.29) is 10.5 Å². The lowest BCUT2D eigenvalue weighted by Gasteiger charge is -2.20. The second kappa shape index (κ2) is 11.5. The van der Waals surface area contributed by atoms with Crippen molar-refractivity contribution in [2.24, 2.45) is 0 Å². The zero-order chi connectivity index (χ0) is 18.8. The van der Waals surface area contributed by atoms with E-state index < -0.39 is 0 Å². The lowest BCUT2D eigenvalue weighted by Crippen LogP contribution is -2.02. The van der Waals surface area contributed by atoms with Gasteiger partial charge in [-0.3, -0.25) is 0 Å². The van der Waals surface area contributed by atoms with Gasteiger partial charge in [-0.2, -0.15) is 25.3 Å². The molecule has 0 radical (unpaired) electrons. The fraction of sp³-hybridized carbons (Fsp3) is 0.455. The summed E-state index contributed by atoms with van der Waals surface area (Å²) >= 11 is 9.58. The van der Waals surface area contributed by atoms with E-state index >= 15 is 0 Å². The van der Waals surface area contributed by atoms with Gasteiger partial charge in [-0.05, 0) is 48.2 Å². The van der Waals surface area contributed by atoms with Gasteiger partial charge >= 0.3 is 0 Å². The van der Waals surface area contributed by atoms with Crippen LogP contribution in [0.4, 0.5) is 0 Å². The van der Waals surface area contributed by atoms with Gasteiger partial charge in [0.15, 0.2) is 0 Å². The average molecular weight is 391 g/mol. The van der Waals surface area contributed by atoms with Gasteiger partial charge < -0.3 is 9.47 Å². The van der Waals surface area contributed by atoms with Crippen molar-refractivity contribution in [2.75, 3.05) is 13.2 Å². The van der Waals surface area contributed by atoms with Crippen LogP contribution in [-0.4, -0.2) is 13.2 Å². The third-order valence-electron chi connectivity index (χ3n) is 4.28. The molecular weight excluding hydrogens is 360 g/mol. The van der Waals surface area contributed by atoms with Crippen molar-refractivity contribution >= 4 is 25.3 Å². The highest BCUT2D eigenvalue weighted by molar-refractivity contribution is 7.84. The van der Waals surface area contributed by atoms with Gasteiger partial charge in [0, 0.05) is 10.5 Å². The summed E-state index contributed by atoms with van der Waals surface area (Å²) in [6, 6.07) is 16.3. The van der Waals surface area contributed by atoms with Gasteiger partial charge in [0.2, 0.25) is 0 Å². The molecule has 0 aliphatic carbocycles. The molecule has 0 amide bonds. The molecule has 26 heavy (non-hydrogen) atoms. The summed E-state index contributed by atoms with van der Waals surface area (Å²) in [6.07, 6.45) is 4.43. The molecule has 0 fully saturated rings. The fourth-order valence-corrected chi connectivity index (χ4v) is 3.24. The maximum atomic E-state index is 5.72. The molecule has 2 aromatic rings. The van der Waals surface area contributed by atoms with E-state index in [1.165, 1.54) is 0 Å². The Hall–Kier alpha value is -1.26. The van der Waals surface area contributed by atoms with Gasteiger partial charge in [0.05, 0.1) is 13.2 Å². The van der Waals surface area contributed by atoms with Crippen LogP contribution in [0.5, 0.6) is 11.5 Å². The highest BCUT2D eigenvalue weighted by Crippen LogP contribution is 2.39. The summed E-state index contributed by atoms with van der Waals surface area (Å²) in [7, 11) is 0. The topological polar surface area (TPSA) is 18.5 Å². The smallest absolute Gasteiger partial charge is 0.119 e. The molecule has 2 unspecified atom stereocenters. The summed E-state index contributed by atoms with van der Waals surface area (Å²) in [5, 5.41) is 0.0183. The normalized spacial score (nSPS) is 13.2. The lowest BCUT2D eigenvalue weighted by molar-refractivity contribution is 0.309. The third kappa shape index (κ3) is 6.48. The molecule has 0 aliphatic heterocycles. The van der Waals surface area contributed by atoms with Gasteiger partial charge in [-0.15, -0.1) is 0 Å². The number of benzene rings is 2. The molecule has 2 atom stereocenters. The predicted octanol–water partition coefficient (Wildman–Crippen LogP) is 6.69. The van der Waals surface area contributed by atoms with Crippen molar-refractivity contribution in [3.05, 3.63) is 59.7 Å². The van der Waals surface area contributed by atoms with Crippen LogP contribution < -0.4 is 9.47 Å². The first kappa shape index (κ1) is 21.0. The van der Waals surface area contributed by atoms with Gasteiger partial charge in [-0.1, -0.05) is 51.0 Å². The number of hydrogen-bond donors (Lipinski definition) is 2. The molecule has 0 aliphatic rings. The highest BCUT2D eigenvalue weighted by Gasteiger charge is 2.18. The van der Waals surface area contributed by atoms with E-state index in [4.69, 9.17) is 34.7 Å². The van der Waals surface area contributed by atoms with Crippen molar-refractivity contribution in [3.8, 4) is 11.5 Å². The molecule has 0 aromatic heterocycles. The van der Waals surface area contributed by atoms with Crippen LogP contribution in [0.2, 0.25) is 0 Å². The Morgan fingerprint density at radius 2 is 1.00 bits per heavy atom. The van der Waals surface area contributed by atoms with Crippen molar-refractivity contribution in [2.45, 2.75) is 50.0 Å². The number of thiol groups is 2. The predicted molar refractivity (Wildman–Crippen MR) is 117 cm³/mol. The molecule has 2 nitrogen and oxygen atoms in total. The summed E-state index contributed by atoms with van der Waals surface area (Å²) in [4.78, 5) is 0. The molecule has 0 saturated heterocycles. The minimum Gasteiger partial charge on any atom is -0.494 e. The Kier molecular flexibility index (Phi) is 9.27. The van der Waals surface area contributed by atoms with Gasteiger partial charge in [-0.25, -0.2) is 0 Å². The summed E-state index contributed by atoms with van der Waals surface area (Å²) < 4.78 is 11.4. The highest BCUT2D eigenvalue weighted by atomic mass is 32.1. The van der Waals surface area contributed by atoms with Crippen LogP contribution in [0.25, 0.3) is 0 Å². The second-order valence-electron chi connectivity index (χ2n) is 6.43. The Balaban J connectivity index is 1.94. The number of rotatable bonds is 11. The zero-order valence-corrected chi connectivity index (χ0v) is 17.5.